The van der Waals surface area contributed by atoms with Crippen LogP contribution in [0.4, 0.5) is 0 Å². The van der Waals surface area contributed by atoms with Gasteiger partial charge in [0.15, 0.2) is 17.4 Å². The van der Waals surface area contributed by atoms with E-state index in [-0.39, 0.29) is 70.4 Å². The van der Waals surface area contributed by atoms with Crippen molar-refractivity contribution in [2.24, 2.45) is 0 Å². The third-order valence-electron chi connectivity index (χ3n) is 3.99. The third-order valence-corrected chi connectivity index (χ3v) is 3.99. The zero-order valence-electron chi connectivity index (χ0n) is 16.8. The summed E-state index contributed by atoms with van der Waals surface area (Å²) in [6.07, 6.45) is 20.2. The number of unbranched alkanes of at least 4 members (excludes halogenated alkanes) is 14. The Labute approximate surface area is 194 Å². The van der Waals surface area contributed by atoms with Gasteiger partial charge in [-0.25, -0.2) is 0 Å². The predicted octanol–water partition coefficient (Wildman–Crippen LogP) is 5.41. The molecule has 1 N–H and O–H groups in total. The average Bonchev–Trinajstić information content (AvgIpc) is 2.43. The molecule has 0 aromatic heterocycles. The van der Waals surface area contributed by atoms with Crippen LogP contribution in [0.2, 0.25) is 0 Å². The van der Waals surface area contributed by atoms with E-state index in [1.165, 1.54) is 83.5 Å². The van der Waals surface area contributed by atoms with Crippen LogP contribution in [0.25, 0.3) is 0 Å². The van der Waals surface area contributed by atoms with Gasteiger partial charge in [-0.05, 0) is 6.42 Å². The largest absolute Gasteiger partial charge is 2.00 e. The number of rotatable bonds is 16. The number of carboxylic acid groups (broad SMARTS) is 1. The molecule has 138 valence electrons. The Morgan fingerprint density at radius 1 is 0.696 bits per heavy atom. The van der Waals surface area contributed by atoms with Crippen LogP contribution in [0.5, 0.6) is 0 Å². The summed E-state index contributed by atoms with van der Waals surface area (Å²) < 4.78 is 0. The second kappa shape index (κ2) is 28.4. The molecule has 0 saturated carbocycles. The first-order valence-corrected chi connectivity index (χ1v) is 8.99. The van der Waals surface area contributed by atoms with Crippen LogP contribution in [0.1, 0.15) is 113 Å². The number of aliphatic carboxylic acids is 1. The van der Waals surface area contributed by atoms with Gasteiger partial charge in [0.1, 0.15) is 0 Å². The molecule has 0 unspecified atom stereocenters. The van der Waals surface area contributed by atoms with E-state index in [4.69, 9.17) is 5.11 Å². The summed E-state index contributed by atoms with van der Waals surface area (Å²) in [6.45, 7) is 2.27. The predicted molar refractivity (Wildman–Crippen MR) is 112 cm³/mol. The monoisotopic (exact) mass is 392 g/mol. The number of carboxylic acids is 1. The van der Waals surface area contributed by atoms with Gasteiger partial charge in [-0.1, -0.05) is 96.8 Å². The quantitative estimate of drug-likeness (QED) is 0.281. The van der Waals surface area contributed by atoms with Crippen molar-refractivity contribution in [1.29, 1.82) is 0 Å². The topological polar surface area (TPSA) is 37.3 Å². The van der Waals surface area contributed by atoms with E-state index in [1.54, 1.807) is 0 Å². The van der Waals surface area contributed by atoms with Crippen molar-refractivity contribution < 1.29 is 12.8 Å². The van der Waals surface area contributed by atoms with Gasteiger partial charge in [-0.15, -0.1) is 12.4 Å². The number of carbonyl (C=O) groups is 1. The number of hydrogen-bond acceptors (Lipinski definition) is 1. The van der Waals surface area contributed by atoms with Crippen molar-refractivity contribution in [3.63, 3.8) is 0 Å². The van der Waals surface area contributed by atoms with E-state index < -0.39 is 5.97 Å². The maximum Gasteiger partial charge on any atom is 2.00 e. The van der Waals surface area contributed by atoms with Crippen LogP contribution in [0.15, 0.2) is 0 Å². The summed E-state index contributed by atoms with van der Waals surface area (Å²) in [5.41, 5.74) is 0. The van der Waals surface area contributed by atoms with E-state index in [0.29, 0.717) is 6.42 Å². The molecule has 0 fully saturated rings. The standard InChI is InChI=1S/C18H36O2.Al.Ca.ClH.5H/c1-2-3-4-5-6-7-8-9-10-11-12-13-14-15-16-17-18(19)20;;;;;;;;/h2-17H2,1H3,(H,19,20);;;1H;;;;;/q;;+2;;;;;2*-1. The van der Waals surface area contributed by atoms with Crippen LogP contribution < -0.4 is 0 Å². The van der Waals surface area contributed by atoms with Gasteiger partial charge >= 0.3 is 43.7 Å². The van der Waals surface area contributed by atoms with Crippen LogP contribution in [-0.2, 0) is 4.79 Å². The van der Waals surface area contributed by atoms with Crippen LogP contribution in [-0.4, -0.2) is 66.2 Å². The first-order valence-electron chi connectivity index (χ1n) is 8.99. The Morgan fingerprint density at radius 2 is 0.957 bits per heavy atom. The Kier molecular flexibility index (Phi) is 39.8. The van der Waals surface area contributed by atoms with Gasteiger partial charge in [0, 0.05) is 6.42 Å². The zero-order valence-corrected chi connectivity index (χ0v) is 17.8. The SMILES string of the molecule is CCCCCCCCCCCCCCCCCC(=O)O.Cl.[AlH3].[Ca+2].[H-].[H-]. The fourth-order valence-corrected chi connectivity index (χ4v) is 2.65. The Hall–Kier alpha value is 1.55. The van der Waals surface area contributed by atoms with Crippen molar-refractivity contribution in [1.82, 2.24) is 0 Å². The first-order chi connectivity index (χ1) is 9.77. The van der Waals surface area contributed by atoms with E-state index >= 15 is 0 Å². The molecule has 0 aliphatic heterocycles. The van der Waals surface area contributed by atoms with Gasteiger partial charge in [0.05, 0.1) is 0 Å². The second-order valence-corrected chi connectivity index (χ2v) is 6.09. The molecule has 0 rings (SSSR count). The maximum atomic E-state index is 10.3. The van der Waals surface area contributed by atoms with Crippen molar-refractivity contribution in [2.75, 3.05) is 0 Å². The molecule has 0 amide bonds. The molecule has 0 atom stereocenters. The smallest absolute Gasteiger partial charge is 1.00 e. The minimum absolute atomic E-state index is 0. The van der Waals surface area contributed by atoms with Crippen LogP contribution in [0.3, 0.4) is 0 Å². The maximum absolute atomic E-state index is 10.3. The second-order valence-electron chi connectivity index (χ2n) is 6.09. The Balaban J connectivity index is -0.000000180. The number of hydrogen-bond donors (Lipinski definition) is 1. The van der Waals surface area contributed by atoms with E-state index in [1.807, 2.05) is 0 Å². The molecule has 0 bridgehead atoms. The summed E-state index contributed by atoms with van der Waals surface area (Å²) in [5, 5.41) is 8.52. The van der Waals surface area contributed by atoms with Crippen molar-refractivity contribution in [3.05, 3.63) is 0 Å². The molecule has 0 aliphatic carbocycles. The summed E-state index contributed by atoms with van der Waals surface area (Å²) in [7, 11) is 0. The molecule has 0 saturated heterocycles. The van der Waals surface area contributed by atoms with Crippen LogP contribution in [0, 0.1) is 0 Å². The van der Waals surface area contributed by atoms with Crippen LogP contribution >= 0.6 is 12.4 Å². The molecule has 2 nitrogen and oxygen atoms in total. The molecule has 0 aromatic rings. The molecule has 0 radical (unpaired) electrons. The Bertz CT molecular complexity index is 229. The summed E-state index contributed by atoms with van der Waals surface area (Å²) in [5.74, 6) is -0.653. The molecule has 0 heterocycles. The van der Waals surface area contributed by atoms with Crippen molar-refractivity contribution in [2.45, 2.75) is 110 Å². The fourth-order valence-electron chi connectivity index (χ4n) is 2.65. The minimum atomic E-state index is -0.653. The molecule has 0 aliphatic rings. The summed E-state index contributed by atoms with van der Waals surface area (Å²) >= 11 is 0. The van der Waals surface area contributed by atoms with Gasteiger partial charge in [-0.2, -0.15) is 0 Å². The fraction of sp³-hybridized carbons (Fsp3) is 0.944. The van der Waals surface area contributed by atoms with Gasteiger partial charge < -0.3 is 7.96 Å². The summed E-state index contributed by atoms with van der Waals surface area (Å²) in [6, 6.07) is 0. The van der Waals surface area contributed by atoms with Gasteiger partial charge in [-0.3, -0.25) is 4.79 Å². The molecule has 0 aromatic carbocycles. The number of halogens is 1. The van der Waals surface area contributed by atoms with Crippen molar-refractivity contribution >= 4 is 73.5 Å². The normalized spacial score (nSPS) is 9.43. The molecular formula is C18H42AlCaClO2. The summed E-state index contributed by atoms with van der Waals surface area (Å²) in [4.78, 5) is 10.3. The minimum Gasteiger partial charge on any atom is -1.00 e. The first kappa shape index (κ1) is 32.2. The van der Waals surface area contributed by atoms with E-state index in [9.17, 15) is 4.79 Å². The van der Waals surface area contributed by atoms with E-state index in [0.717, 1.165) is 12.8 Å². The van der Waals surface area contributed by atoms with Gasteiger partial charge in [0.2, 0.25) is 0 Å². The average molecular weight is 393 g/mol. The molecular weight excluding hydrogens is 351 g/mol. The molecule has 5 heteroatoms. The van der Waals surface area contributed by atoms with Crippen molar-refractivity contribution in [3.8, 4) is 0 Å². The molecule has 23 heavy (non-hydrogen) atoms. The Morgan fingerprint density at radius 3 is 1.22 bits per heavy atom. The molecule has 0 spiro atoms. The third kappa shape index (κ3) is 31.8. The zero-order chi connectivity index (χ0) is 14.9. The van der Waals surface area contributed by atoms with E-state index in [2.05, 4.69) is 6.92 Å². The van der Waals surface area contributed by atoms with Gasteiger partial charge in [0.25, 0.3) is 0 Å².